The van der Waals surface area contributed by atoms with Crippen LogP contribution < -0.4 is 0 Å². The molecule has 0 aliphatic rings. The fourth-order valence-electron chi connectivity index (χ4n) is 15.8. The number of aromatic nitrogens is 16. The molecule has 10 N–H and O–H groups in total. The van der Waals surface area contributed by atoms with Crippen LogP contribution in [0.25, 0.3) is 67.3 Å². The van der Waals surface area contributed by atoms with E-state index in [0.29, 0.717) is 84.8 Å². The Hall–Kier alpha value is -15.7. The van der Waals surface area contributed by atoms with Crippen LogP contribution in [-0.2, 0) is 103 Å². The number of unbranched alkanes of at least 4 members (excludes halogenated alkanes) is 1. The summed E-state index contributed by atoms with van der Waals surface area (Å²) in [5.41, 5.74) is 6.08. The van der Waals surface area contributed by atoms with Gasteiger partial charge in [-0.15, -0.1) is 20.4 Å². The predicted octanol–water partition coefficient (Wildman–Crippen LogP) is 17.7. The van der Waals surface area contributed by atoms with Crippen LogP contribution >= 0.6 is 0 Å². The standard InChI is InChI=1S/C30H36N6O5.C30H36N2O7.C25H28N6O3.C23H24N2O5/c1-7-10-23-31-25(30(5,6)39)24(27(37)40-18-41-28(38)29(2,3)4)36(23)17-19-13-15-20(16-14-19)21-11-8-9-12-22(21)26-32-34-35-33-26;1-7-10-23-31-25(30(5,6)37)24(27(35)38-18-39-28(36)29(2,3)4)32(23)17-19-13-15-20(16-14-19)21-11-8-9-12-22(21)26(33)34;1-4-5-10-20-26-22(25(2,3)34)21(24(32)33)31(20)15-16-11-13-17(14-12-16)18-8-6-7-9-19(18)23-27-29-30-28-23;1-4-18-24-20(23(2,3)30)19(22(28)29)25(18)13-14-9-11-15(12-10-14)16-7-5-6-8-17(16)21(26)27/h8-9,11-16,39H,7,10,17-18H2,1-6H3,(H,32,33,34,35);8-9,11-16,37H,7,10,17-18H2,1-6H3,(H,33,34);6-9,11-14,34H,4-5,10,15H2,1-3H3,(H,32,33)(H,27,28,29,30);5-12,30H,4,13H2,1-3H3,(H,26,27)(H,28,29). The van der Waals surface area contributed by atoms with Crippen molar-refractivity contribution in [1.82, 2.24) is 79.5 Å². The quantitative estimate of drug-likeness (QED) is 0.0129. The molecule has 0 spiro atoms. The van der Waals surface area contributed by atoms with Gasteiger partial charge in [0, 0.05) is 63.0 Å². The Morgan fingerprint density at radius 2 is 0.583 bits per heavy atom. The average molecular weight is 1970 g/mol. The summed E-state index contributed by atoms with van der Waals surface area (Å²) in [6.45, 7) is 30.7. The summed E-state index contributed by atoms with van der Waals surface area (Å²) in [6, 6.07) is 59.7. The number of hydrogen-bond donors (Lipinski definition) is 10. The fourth-order valence-corrected chi connectivity index (χ4v) is 15.8. The molecule has 6 heterocycles. The van der Waals surface area contributed by atoms with Gasteiger partial charge in [-0.2, -0.15) is 10.4 Å². The Morgan fingerprint density at radius 3 is 0.854 bits per heavy atom. The van der Waals surface area contributed by atoms with Crippen molar-refractivity contribution < 1.29 is 98.2 Å². The zero-order valence-electron chi connectivity index (χ0n) is 84.1. The lowest BCUT2D eigenvalue weighted by Crippen LogP contribution is -2.27. The topological polar surface area (TPSA) is 516 Å². The van der Waals surface area contributed by atoms with Gasteiger partial charge in [0.2, 0.25) is 25.2 Å². The molecule has 0 fully saturated rings. The van der Waals surface area contributed by atoms with E-state index in [1.807, 2.05) is 166 Å². The van der Waals surface area contributed by atoms with E-state index < -0.39 is 94.6 Å². The first-order valence-corrected chi connectivity index (χ1v) is 47.2. The molecule has 36 heteroatoms. The third-order valence-corrected chi connectivity index (χ3v) is 23.1. The number of nitrogens with one attached hydrogen (secondary N) is 2. The maximum atomic E-state index is 13.4. The van der Waals surface area contributed by atoms with E-state index in [1.54, 1.807) is 150 Å². The van der Waals surface area contributed by atoms with Gasteiger partial charge in [-0.05, 0) is 206 Å². The number of esters is 4. The van der Waals surface area contributed by atoms with E-state index >= 15 is 0 Å². The highest BCUT2D eigenvalue weighted by Gasteiger charge is 2.38. The lowest BCUT2D eigenvalue weighted by molar-refractivity contribution is -0.162. The minimum Gasteiger partial charge on any atom is -0.478 e. The second-order valence-electron chi connectivity index (χ2n) is 38.6. The molecule has 6 aromatic heterocycles. The van der Waals surface area contributed by atoms with Crippen molar-refractivity contribution in [1.29, 1.82) is 0 Å². The number of H-pyrrole nitrogens is 2. The molecular weight excluding hydrogens is 1840 g/mol. The molecule has 0 bridgehead atoms. The lowest BCUT2D eigenvalue weighted by atomic mass is 9.97. The highest BCUT2D eigenvalue weighted by Crippen LogP contribution is 2.38. The number of imidazole rings is 4. The Labute approximate surface area is 833 Å². The summed E-state index contributed by atoms with van der Waals surface area (Å²) in [7, 11) is 0. The number of rotatable bonds is 36. The number of carbonyl (C=O) groups excluding carboxylic acids is 4. The van der Waals surface area contributed by atoms with Gasteiger partial charge in [-0.25, -0.2) is 48.7 Å². The molecule has 14 rings (SSSR count). The van der Waals surface area contributed by atoms with Gasteiger partial charge in [0.1, 0.15) is 68.5 Å². The minimum absolute atomic E-state index is 0.0281. The van der Waals surface area contributed by atoms with Crippen molar-refractivity contribution in [3.63, 3.8) is 0 Å². The smallest absolute Gasteiger partial charge is 0.359 e. The molecule has 0 amide bonds. The first-order valence-electron chi connectivity index (χ1n) is 47.2. The fraction of sp³-hybridized carbons (Fsp3) is 0.352. The number of carboxylic acid groups (broad SMARTS) is 4. The normalized spacial score (nSPS) is 11.7. The van der Waals surface area contributed by atoms with Gasteiger partial charge in [0.05, 0.1) is 22.0 Å². The van der Waals surface area contributed by atoms with Crippen molar-refractivity contribution in [2.24, 2.45) is 10.8 Å². The van der Waals surface area contributed by atoms with Crippen LogP contribution in [0.1, 0.15) is 281 Å². The van der Waals surface area contributed by atoms with Gasteiger partial charge in [-0.3, -0.25) is 9.59 Å². The molecular formula is C108H124N16O20. The molecule has 0 atom stereocenters. The summed E-state index contributed by atoms with van der Waals surface area (Å²) in [5, 5.41) is 110. The van der Waals surface area contributed by atoms with Crippen molar-refractivity contribution >= 4 is 47.8 Å². The van der Waals surface area contributed by atoms with Gasteiger partial charge in [0.15, 0.2) is 22.8 Å². The van der Waals surface area contributed by atoms with Gasteiger partial charge in [0.25, 0.3) is 0 Å². The largest absolute Gasteiger partial charge is 0.478 e. The third-order valence-electron chi connectivity index (χ3n) is 23.1. The van der Waals surface area contributed by atoms with Crippen molar-refractivity contribution in [3.05, 3.63) is 296 Å². The van der Waals surface area contributed by atoms with Crippen molar-refractivity contribution in [2.45, 2.75) is 225 Å². The van der Waals surface area contributed by atoms with Crippen LogP contribution in [0.4, 0.5) is 0 Å². The first kappa shape index (κ1) is 109. The molecule has 8 aromatic carbocycles. The number of nitrogens with zero attached hydrogens (tertiary/aromatic N) is 14. The second kappa shape index (κ2) is 46.8. The van der Waals surface area contributed by atoms with Gasteiger partial charge in [-0.1, -0.05) is 216 Å². The number of carboxylic acids is 4. The SMILES string of the molecule is CCCCc1nc(C(C)(C)O)c(C(=O)O)n1Cc1ccc(-c2ccccc2-c2nn[nH]n2)cc1.CCCc1nc(C(C)(C)O)c(C(=O)OCOC(=O)C(C)(C)C)n1Cc1ccc(-c2ccccc2-c2nn[nH]n2)cc1.CCCc1nc(C(C)(C)O)c(C(=O)OCOC(=O)C(C)(C)C)n1Cc1ccc(-c2ccccc2C(=O)O)cc1.CCc1nc(C(C)(C)O)c(C(=O)O)n1Cc1ccc(-c2ccccc2C(=O)O)cc1. The average Bonchev–Trinajstić information content (AvgIpc) is 1.63. The Bertz CT molecular complexity index is 6840. The molecule has 0 aliphatic carbocycles. The summed E-state index contributed by atoms with van der Waals surface area (Å²) < 4.78 is 27.7. The van der Waals surface area contributed by atoms with Crippen molar-refractivity contribution in [3.8, 4) is 67.3 Å². The number of ether oxygens (including phenoxy) is 4. The van der Waals surface area contributed by atoms with Crippen LogP contribution in [0.5, 0.6) is 0 Å². The van der Waals surface area contributed by atoms with Crippen molar-refractivity contribution in [2.75, 3.05) is 13.6 Å². The highest BCUT2D eigenvalue weighted by atomic mass is 16.7. The molecule has 0 aliphatic heterocycles. The van der Waals surface area contributed by atoms with Crippen LogP contribution in [0.2, 0.25) is 0 Å². The zero-order chi connectivity index (χ0) is 105. The predicted molar refractivity (Wildman–Crippen MR) is 536 cm³/mol. The van der Waals surface area contributed by atoms with E-state index in [2.05, 4.69) is 68.1 Å². The molecule has 144 heavy (non-hydrogen) atoms. The molecule has 0 radical (unpaired) electrons. The number of tetrazole rings is 2. The molecule has 0 unspecified atom stereocenters. The van der Waals surface area contributed by atoms with Gasteiger partial charge < -0.3 is 78.1 Å². The van der Waals surface area contributed by atoms with E-state index in [4.69, 9.17) is 18.9 Å². The monoisotopic (exact) mass is 1960 g/mol. The van der Waals surface area contributed by atoms with Gasteiger partial charge >= 0.3 is 47.8 Å². The maximum Gasteiger partial charge on any atom is 0.359 e. The molecule has 36 nitrogen and oxygen atoms in total. The Morgan fingerprint density at radius 1 is 0.312 bits per heavy atom. The Balaban J connectivity index is 0.000000184. The number of aromatic carboxylic acids is 4. The van der Waals surface area contributed by atoms with Crippen LogP contribution in [0.3, 0.4) is 0 Å². The summed E-state index contributed by atoms with van der Waals surface area (Å²) >= 11 is 0. The number of aromatic amines is 2. The van der Waals surface area contributed by atoms with E-state index in [1.165, 1.54) is 13.8 Å². The van der Waals surface area contributed by atoms with Crippen LogP contribution in [0.15, 0.2) is 194 Å². The van der Waals surface area contributed by atoms with E-state index in [0.717, 1.165) is 92.4 Å². The summed E-state index contributed by atoms with van der Waals surface area (Å²) in [6.07, 6.45) is 5.68. The summed E-state index contributed by atoms with van der Waals surface area (Å²) in [5.74, 6) is -3.23. The Kier molecular flexibility index (Phi) is 35.4. The maximum absolute atomic E-state index is 13.4. The first-order chi connectivity index (χ1) is 68.1. The number of hydrogen-bond acceptors (Lipinski definition) is 26. The lowest BCUT2D eigenvalue weighted by Gasteiger charge is -2.19. The van der Waals surface area contributed by atoms with E-state index in [9.17, 15) is 79.2 Å². The van der Waals surface area contributed by atoms with Crippen LogP contribution in [0, 0.1) is 10.8 Å². The molecule has 756 valence electrons. The van der Waals surface area contributed by atoms with E-state index in [-0.39, 0.29) is 69.8 Å². The molecule has 0 saturated heterocycles. The summed E-state index contributed by atoms with van der Waals surface area (Å²) in [4.78, 5) is 116. The number of benzene rings is 8. The van der Waals surface area contributed by atoms with Crippen LogP contribution in [-0.4, -0.2) is 182 Å². The second-order valence-corrected chi connectivity index (χ2v) is 38.6. The number of aryl methyl sites for hydroxylation is 4. The molecule has 0 saturated carbocycles. The minimum atomic E-state index is -1.44. The third kappa shape index (κ3) is 27.2. The number of aliphatic hydroxyl groups is 4. The zero-order valence-corrected chi connectivity index (χ0v) is 84.1. The molecule has 14 aromatic rings. The highest BCUT2D eigenvalue weighted by molar-refractivity contribution is 5.97. The number of carbonyl (C=O) groups is 8.